The Hall–Kier alpha value is -3.56. The molecule has 160 valence electrons. The summed E-state index contributed by atoms with van der Waals surface area (Å²) in [7, 11) is 0. The van der Waals surface area contributed by atoms with Gasteiger partial charge in [-0.3, -0.25) is 14.2 Å². The summed E-state index contributed by atoms with van der Waals surface area (Å²) in [4.78, 5) is 33.9. The zero-order valence-electron chi connectivity index (χ0n) is 16.7. The normalized spacial score (nSPS) is 16.5. The van der Waals surface area contributed by atoms with E-state index in [0.29, 0.717) is 23.6 Å². The fourth-order valence-corrected chi connectivity index (χ4v) is 4.59. The van der Waals surface area contributed by atoms with Crippen molar-refractivity contribution in [2.75, 3.05) is 0 Å². The van der Waals surface area contributed by atoms with Gasteiger partial charge in [0.1, 0.15) is 24.3 Å². The van der Waals surface area contributed by atoms with Crippen molar-refractivity contribution in [2.45, 2.75) is 50.6 Å². The SMILES string of the molecule is O=C(NCc1cc(F)ccc1-n1cncn1)c1nc2n(c(=O)c1O)CCCC21CCC1. The molecule has 0 bridgehead atoms. The van der Waals surface area contributed by atoms with Crippen molar-refractivity contribution in [3.8, 4) is 11.4 Å². The molecule has 1 aliphatic heterocycles. The summed E-state index contributed by atoms with van der Waals surface area (Å²) in [6.07, 6.45) is 7.51. The molecule has 1 saturated carbocycles. The van der Waals surface area contributed by atoms with Crippen LogP contribution in [0.4, 0.5) is 4.39 Å². The minimum absolute atomic E-state index is 0.0452. The van der Waals surface area contributed by atoms with Gasteiger partial charge in [-0.2, -0.15) is 5.10 Å². The molecule has 3 heterocycles. The van der Waals surface area contributed by atoms with Gasteiger partial charge in [-0.05, 0) is 49.4 Å². The van der Waals surface area contributed by atoms with E-state index in [2.05, 4.69) is 20.4 Å². The Morgan fingerprint density at radius 2 is 2.06 bits per heavy atom. The highest BCUT2D eigenvalue weighted by Crippen LogP contribution is 2.48. The molecule has 5 rings (SSSR count). The fraction of sp³-hybridized carbons (Fsp3) is 0.381. The Bertz CT molecular complexity index is 1220. The summed E-state index contributed by atoms with van der Waals surface area (Å²) >= 11 is 0. The third-order valence-corrected chi connectivity index (χ3v) is 6.33. The zero-order chi connectivity index (χ0) is 21.6. The first-order valence-corrected chi connectivity index (χ1v) is 10.2. The van der Waals surface area contributed by atoms with Crippen LogP contribution in [0.25, 0.3) is 5.69 Å². The number of amides is 1. The lowest BCUT2D eigenvalue weighted by molar-refractivity contribution is 0.0938. The number of nitrogens with one attached hydrogen (secondary N) is 1. The lowest BCUT2D eigenvalue weighted by Gasteiger charge is -2.45. The number of benzene rings is 1. The van der Waals surface area contributed by atoms with Gasteiger partial charge in [-0.15, -0.1) is 0 Å². The number of aromatic nitrogens is 5. The van der Waals surface area contributed by atoms with Crippen LogP contribution < -0.4 is 10.9 Å². The highest BCUT2D eigenvalue weighted by molar-refractivity contribution is 5.94. The van der Waals surface area contributed by atoms with Gasteiger partial charge >= 0.3 is 0 Å². The Balaban J connectivity index is 1.45. The van der Waals surface area contributed by atoms with Gasteiger partial charge in [0.2, 0.25) is 5.75 Å². The highest BCUT2D eigenvalue weighted by atomic mass is 19.1. The van der Waals surface area contributed by atoms with Crippen LogP contribution in [0.2, 0.25) is 0 Å². The lowest BCUT2D eigenvalue weighted by atomic mass is 9.64. The molecular formula is C21H21FN6O3. The third-order valence-electron chi connectivity index (χ3n) is 6.33. The van der Waals surface area contributed by atoms with Gasteiger partial charge < -0.3 is 10.4 Å². The second-order valence-electron chi connectivity index (χ2n) is 8.12. The second-order valence-corrected chi connectivity index (χ2v) is 8.12. The van der Waals surface area contributed by atoms with Crippen LogP contribution in [0.1, 0.15) is 54.0 Å². The first-order valence-electron chi connectivity index (χ1n) is 10.2. The van der Waals surface area contributed by atoms with Crippen LogP contribution in [0.15, 0.2) is 35.6 Å². The number of aromatic hydroxyl groups is 1. The molecular weight excluding hydrogens is 403 g/mol. The van der Waals surface area contributed by atoms with Gasteiger partial charge in [-0.25, -0.2) is 19.0 Å². The molecule has 0 radical (unpaired) electrons. The van der Waals surface area contributed by atoms with Gasteiger partial charge in [0, 0.05) is 18.5 Å². The van der Waals surface area contributed by atoms with E-state index in [1.54, 1.807) is 0 Å². The van der Waals surface area contributed by atoms with Crippen molar-refractivity contribution in [1.82, 2.24) is 29.6 Å². The van der Waals surface area contributed by atoms with E-state index >= 15 is 0 Å². The summed E-state index contributed by atoms with van der Waals surface area (Å²) in [6.45, 7) is 0.444. The average Bonchev–Trinajstić information content (AvgIpc) is 3.27. The van der Waals surface area contributed by atoms with Crippen molar-refractivity contribution >= 4 is 5.91 Å². The summed E-state index contributed by atoms with van der Waals surface area (Å²) in [5.74, 6) is -1.22. The van der Waals surface area contributed by atoms with Gasteiger partial charge in [-0.1, -0.05) is 6.42 Å². The number of halogens is 1. The molecule has 0 unspecified atom stereocenters. The number of nitrogens with zero attached hydrogens (tertiary/aromatic N) is 5. The van der Waals surface area contributed by atoms with Gasteiger partial charge in [0.05, 0.1) is 5.69 Å². The maximum atomic E-state index is 13.8. The third kappa shape index (κ3) is 3.18. The minimum atomic E-state index is -0.688. The smallest absolute Gasteiger partial charge is 0.296 e. The molecule has 1 amide bonds. The van der Waals surface area contributed by atoms with Crippen LogP contribution in [0.3, 0.4) is 0 Å². The molecule has 1 aliphatic carbocycles. The predicted molar refractivity (Wildman–Crippen MR) is 107 cm³/mol. The van der Waals surface area contributed by atoms with Crippen molar-refractivity contribution in [2.24, 2.45) is 0 Å². The number of rotatable bonds is 4. The quantitative estimate of drug-likeness (QED) is 0.660. The molecule has 9 nitrogen and oxygen atoms in total. The molecule has 1 spiro atoms. The van der Waals surface area contributed by atoms with Crippen LogP contribution in [-0.4, -0.2) is 35.3 Å². The standard InChI is InChI=1S/C21H21FN6O3/c22-14-3-4-15(28-12-23-11-25-28)13(9-14)10-24-18(30)16-17(29)19(31)27-8-2-7-21(5-1-6-21)20(27)26-16/h3-4,9,11-12,29H,1-2,5-8,10H2,(H,24,30). The van der Waals surface area contributed by atoms with E-state index in [9.17, 15) is 19.1 Å². The van der Waals surface area contributed by atoms with E-state index in [-0.39, 0.29) is 17.7 Å². The van der Waals surface area contributed by atoms with E-state index in [0.717, 1.165) is 32.1 Å². The predicted octanol–water partition coefficient (Wildman–Crippen LogP) is 1.81. The Morgan fingerprint density at radius 3 is 2.77 bits per heavy atom. The van der Waals surface area contributed by atoms with Gasteiger partial charge in [0.25, 0.3) is 11.5 Å². The van der Waals surface area contributed by atoms with E-state index in [1.807, 2.05) is 0 Å². The molecule has 1 aromatic carbocycles. The van der Waals surface area contributed by atoms with E-state index in [4.69, 9.17) is 0 Å². The van der Waals surface area contributed by atoms with Crippen molar-refractivity contribution in [3.63, 3.8) is 0 Å². The zero-order valence-corrected chi connectivity index (χ0v) is 16.7. The van der Waals surface area contributed by atoms with Crippen LogP contribution in [-0.2, 0) is 18.5 Å². The Morgan fingerprint density at radius 1 is 1.26 bits per heavy atom. The maximum Gasteiger partial charge on any atom is 0.296 e. The first kappa shape index (κ1) is 19.4. The van der Waals surface area contributed by atoms with Crippen LogP contribution in [0, 0.1) is 5.82 Å². The maximum absolute atomic E-state index is 13.8. The number of hydrogen-bond donors (Lipinski definition) is 2. The van der Waals surface area contributed by atoms with Crippen molar-refractivity contribution < 1.29 is 14.3 Å². The van der Waals surface area contributed by atoms with Crippen LogP contribution in [0.5, 0.6) is 5.75 Å². The molecule has 3 aromatic rings. The van der Waals surface area contributed by atoms with Crippen molar-refractivity contribution in [1.29, 1.82) is 0 Å². The molecule has 2 N–H and O–H groups in total. The molecule has 2 aliphatic rings. The van der Waals surface area contributed by atoms with Crippen LogP contribution >= 0.6 is 0 Å². The number of carbonyl (C=O) groups excluding carboxylic acids is 1. The summed E-state index contributed by atoms with van der Waals surface area (Å²) in [6, 6.07) is 4.11. The Labute approximate surface area is 176 Å². The summed E-state index contributed by atoms with van der Waals surface area (Å²) in [5, 5.41) is 17.1. The fourth-order valence-electron chi connectivity index (χ4n) is 4.59. The second kappa shape index (κ2) is 7.29. The average molecular weight is 424 g/mol. The Kier molecular flexibility index (Phi) is 4.57. The molecule has 1 fully saturated rings. The minimum Gasteiger partial charge on any atom is -0.501 e. The van der Waals surface area contributed by atoms with E-state index < -0.39 is 23.0 Å². The number of hydrogen-bond acceptors (Lipinski definition) is 6. The number of fused-ring (bicyclic) bond motifs is 2. The largest absolute Gasteiger partial charge is 0.501 e. The van der Waals surface area contributed by atoms with Crippen molar-refractivity contribution in [3.05, 3.63) is 64.1 Å². The molecule has 10 heteroatoms. The topological polar surface area (TPSA) is 115 Å². The van der Waals surface area contributed by atoms with E-state index in [1.165, 1.54) is 40.1 Å². The molecule has 31 heavy (non-hydrogen) atoms. The van der Waals surface area contributed by atoms with Gasteiger partial charge in [0.15, 0.2) is 5.69 Å². The summed E-state index contributed by atoms with van der Waals surface area (Å²) < 4.78 is 16.8. The number of carbonyl (C=O) groups is 1. The highest BCUT2D eigenvalue weighted by Gasteiger charge is 2.45. The summed E-state index contributed by atoms with van der Waals surface area (Å²) in [5.41, 5.74) is -0.0414. The lowest BCUT2D eigenvalue weighted by Crippen LogP contribution is -2.45. The monoisotopic (exact) mass is 424 g/mol. The molecule has 0 saturated heterocycles. The molecule has 0 atom stereocenters. The first-order chi connectivity index (χ1) is 15.0. The molecule has 2 aromatic heterocycles.